The van der Waals surface area contributed by atoms with Crippen molar-refractivity contribution < 1.29 is 23.2 Å². The smallest absolute Gasteiger partial charge is 0.273 e. The zero-order valence-corrected chi connectivity index (χ0v) is 21.6. The number of pyridine rings is 1. The normalized spacial score (nSPS) is 13.0. The van der Waals surface area contributed by atoms with Gasteiger partial charge in [-0.15, -0.1) is 0 Å². The number of nitrogens with one attached hydrogen (secondary N) is 2. The molecular weight excluding hydrogens is 488 g/mol. The molecule has 0 aliphatic carbocycles. The van der Waals surface area contributed by atoms with Gasteiger partial charge in [-0.3, -0.25) is 4.98 Å². The maximum atomic E-state index is 14.8. The fraction of sp³-hybridized carbons (Fsp3) is 0.233. The quantitative estimate of drug-likeness (QED) is 0.205. The Bertz CT molecular complexity index is 1320. The van der Waals surface area contributed by atoms with Crippen LogP contribution in [0.25, 0.3) is 0 Å². The van der Waals surface area contributed by atoms with Gasteiger partial charge >= 0.3 is 0 Å². The zero-order valence-electron chi connectivity index (χ0n) is 21.6. The SMILES string of the molecule is CCC(F)(F)c1cccc(C(Cc2ccccc2)(NONc2cc(OC)ccc2OC)c2ccccn2)c1. The molecule has 0 radical (unpaired) electrons. The number of alkyl halides is 2. The Morgan fingerprint density at radius 3 is 2.26 bits per heavy atom. The van der Waals surface area contributed by atoms with Gasteiger partial charge in [0.25, 0.3) is 5.92 Å². The van der Waals surface area contributed by atoms with Gasteiger partial charge in [-0.05, 0) is 41.5 Å². The number of hydrogen-bond acceptors (Lipinski definition) is 6. The van der Waals surface area contributed by atoms with Crippen LogP contribution < -0.4 is 20.4 Å². The minimum Gasteiger partial charge on any atom is -0.497 e. The minimum atomic E-state index is -2.98. The number of hydrogen-bond donors (Lipinski definition) is 2. The van der Waals surface area contributed by atoms with E-state index in [1.54, 1.807) is 56.8 Å². The van der Waals surface area contributed by atoms with Gasteiger partial charge < -0.3 is 9.47 Å². The van der Waals surface area contributed by atoms with Crippen LogP contribution >= 0.6 is 0 Å². The van der Waals surface area contributed by atoms with Gasteiger partial charge in [0.1, 0.15) is 22.7 Å². The van der Waals surface area contributed by atoms with Gasteiger partial charge in [-0.25, -0.2) is 14.3 Å². The highest BCUT2D eigenvalue weighted by atomic mass is 19.3. The summed E-state index contributed by atoms with van der Waals surface area (Å²) in [7, 11) is 3.11. The molecule has 0 amide bonds. The minimum absolute atomic E-state index is 0.0740. The van der Waals surface area contributed by atoms with Crippen molar-refractivity contribution in [3.05, 3.63) is 120 Å². The molecule has 2 N–H and O–H groups in total. The summed E-state index contributed by atoms with van der Waals surface area (Å²) in [6, 6.07) is 26.9. The standard InChI is InChI=1S/C30H31F2N3O3/c1-4-30(31,32)24-14-10-13-23(19-24)29(28-15-8-9-18-33-28,21-22-11-6-5-7-12-22)35-38-34-26-20-25(36-2)16-17-27(26)37-3/h5-20,34-35H,4,21H2,1-3H3. The molecule has 8 heteroatoms. The summed E-state index contributed by atoms with van der Waals surface area (Å²) in [5, 5.41) is 0. The number of anilines is 1. The summed E-state index contributed by atoms with van der Waals surface area (Å²) in [6.45, 7) is 1.47. The van der Waals surface area contributed by atoms with Crippen molar-refractivity contribution in [2.45, 2.75) is 31.2 Å². The van der Waals surface area contributed by atoms with Crippen LogP contribution in [0.2, 0.25) is 0 Å². The van der Waals surface area contributed by atoms with Crippen LogP contribution in [0.5, 0.6) is 11.5 Å². The van der Waals surface area contributed by atoms with E-state index in [2.05, 4.69) is 15.9 Å². The summed E-state index contributed by atoms with van der Waals surface area (Å²) in [5.74, 6) is -1.85. The summed E-state index contributed by atoms with van der Waals surface area (Å²) in [6.07, 6.45) is 1.72. The van der Waals surface area contributed by atoms with Gasteiger partial charge in [0.05, 0.1) is 19.9 Å². The first-order valence-corrected chi connectivity index (χ1v) is 12.3. The highest BCUT2D eigenvalue weighted by molar-refractivity contribution is 5.58. The summed E-state index contributed by atoms with van der Waals surface area (Å²) >= 11 is 0. The molecule has 3 aromatic carbocycles. The molecule has 4 aromatic rings. The van der Waals surface area contributed by atoms with Gasteiger partial charge in [0, 0.05) is 30.7 Å². The maximum absolute atomic E-state index is 14.8. The molecule has 0 aliphatic heterocycles. The molecule has 38 heavy (non-hydrogen) atoms. The number of aromatic nitrogens is 1. The molecule has 0 bridgehead atoms. The van der Waals surface area contributed by atoms with E-state index in [1.807, 2.05) is 42.5 Å². The Labute approximate surface area is 221 Å². The predicted octanol–water partition coefficient (Wildman–Crippen LogP) is 6.64. The van der Waals surface area contributed by atoms with Crippen LogP contribution in [0.15, 0.2) is 97.2 Å². The summed E-state index contributed by atoms with van der Waals surface area (Å²) in [4.78, 5) is 10.5. The number of benzene rings is 3. The van der Waals surface area contributed by atoms with Crippen LogP contribution in [0.1, 0.15) is 35.7 Å². The van der Waals surface area contributed by atoms with E-state index in [9.17, 15) is 8.78 Å². The Kier molecular flexibility index (Phi) is 8.55. The molecular formula is C30H31F2N3O3. The number of nitrogens with zero attached hydrogens (tertiary/aromatic N) is 1. The van der Waals surface area contributed by atoms with Crippen LogP contribution in [0.3, 0.4) is 0 Å². The second-order valence-electron chi connectivity index (χ2n) is 8.79. The fourth-order valence-corrected chi connectivity index (χ4v) is 4.28. The highest BCUT2D eigenvalue weighted by Crippen LogP contribution is 2.38. The maximum Gasteiger partial charge on any atom is 0.273 e. The molecule has 1 atom stereocenters. The van der Waals surface area contributed by atoms with Crippen molar-refractivity contribution in [2.75, 3.05) is 19.7 Å². The molecule has 0 aliphatic rings. The third-order valence-corrected chi connectivity index (χ3v) is 6.43. The van der Waals surface area contributed by atoms with Crippen LogP contribution in [0, 0.1) is 0 Å². The Morgan fingerprint density at radius 1 is 0.816 bits per heavy atom. The molecule has 6 nitrogen and oxygen atoms in total. The van der Waals surface area contributed by atoms with Gasteiger partial charge in [0.2, 0.25) is 0 Å². The molecule has 0 saturated heterocycles. The van der Waals surface area contributed by atoms with Crippen molar-refractivity contribution >= 4 is 5.69 Å². The van der Waals surface area contributed by atoms with E-state index in [0.717, 1.165) is 5.56 Å². The number of halogens is 2. The van der Waals surface area contributed by atoms with E-state index in [4.69, 9.17) is 14.4 Å². The predicted molar refractivity (Wildman–Crippen MR) is 143 cm³/mol. The van der Waals surface area contributed by atoms with Crippen LogP contribution in [-0.4, -0.2) is 19.2 Å². The van der Waals surface area contributed by atoms with E-state index in [0.29, 0.717) is 34.9 Å². The number of hydroxylamine groups is 1. The largest absolute Gasteiger partial charge is 0.497 e. The summed E-state index contributed by atoms with van der Waals surface area (Å²) < 4.78 is 40.4. The number of ether oxygens (including phenoxy) is 2. The van der Waals surface area contributed by atoms with Crippen molar-refractivity contribution in [3.8, 4) is 11.5 Å². The van der Waals surface area contributed by atoms with E-state index >= 15 is 0 Å². The average Bonchev–Trinajstić information content (AvgIpc) is 2.97. The van der Waals surface area contributed by atoms with E-state index in [1.165, 1.54) is 19.1 Å². The Balaban J connectivity index is 1.80. The third kappa shape index (κ3) is 5.93. The molecule has 4 rings (SSSR count). The van der Waals surface area contributed by atoms with E-state index < -0.39 is 11.5 Å². The lowest BCUT2D eigenvalue weighted by Crippen LogP contribution is -2.47. The molecule has 1 heterocycles. The van der Waals surface area contributed by atoms with Crippen molar-refractivity contribution in [1.29, 1.82) is 0 Å². The van der Waals surface area contributed by atoms with Crippen molar-refractivity contribution in [2.24, 2.45) is 0 Å². The number of methoxy groups -OCH3 is 2. The topological polar surface area (TPSA) is 64.6 Å². The highest BCUT2D eigenvalue weighted by Gasteiger charge is 2.39. The Hall–Kier alpha value is -4.01. The third-order valence-electron chi connectivity index (χ3n) is 6.43. The molecule has 0 fully saturated rings. The number of rotatable bonds is 12. The lowest BCUT2D eigenvalue weighted by atomic mass is 9.80. The first kappa shape index (κ1) is 27.0. The lowest BCUT2D eigenvalue weighted by molar-refractivity contribution is -0.00897. The van der Waals surface area contributed by atoms with Crippen molar-refractivity contribution in [3.63, 3.8) is 0 Å². The van der Waals surface area contributed by atoms with Gasteiger partial charge in [0.15, 0.2) is 0 Å². The molecule has 1 aromatic heterocycles. The zero-order chi connectivity index (χ0) is 27.0. The fourth-order valence-electron chi connectivity index (χ4n) is 4.28. The summed E-state index contributed by atoms with van der Waals surface area (Å²) in [5.41, 5.74) is 7.45. The molecule has 0 spiro atoms. The molecule has 198 valence electrons. The lowest BCUT2D eigenvalue weighted by Gasteiger charge is -2.35. The first-order valence-electron chi connectivity index (χ1n) is 12.3. The van der Waals surface area contributed by atoms with Gasteiger partial charge in [-0.2, -0.15) is 10.4 Å². The van der Waals surface area contributed by atoms with Crippen molar-refractivity contribution in [1.82, 2.24) is 10.5 Å². The second kappa shape index (κ2) is 12.0. The van der Waals surface area contributed by atoms with Crippen LogP contribution in [0.4, 0.5) is 14.5 Å². The van der Waals surface area contributed by atoms with Crippen LogP contribution in [-0.2, 0) is 22.8 Å². The average molecular weight is 520 g/mol. The Morgan fingerprint density at radius 2 is 1.58 bits per heavy atom. The molecule has 0 saturated carbocycles. The second-order valence-corrected chi connectivity index (χ2v) is 8.79. The van der Waals surface area contributed by atoms with Gasteiger partial charge in [-0.1, -0.05) is 61.5 Å². The monoisotopic (exact) mass is 519 g/mol. The molecule has 1 unspecified atom stereocenters. The van der Waals surface area contributed by atoms with E-state index in [-0.39, 0.29) is 12.0 Å². The first-order chi connectivity index (χ1) is 18.4.